The van der Waals surface area contributed by atoms with Crippen molar-refractivity contribution in [2.45, 2.75) is 27.2 Å². The van der Waals surface area contributed by atoms with Gasteiger partial charge in [0.25, 0.3) is 0 Å². The Balaban J connectivity index is 4.21. The van der Waals surface area contributed by atoms with Gasteiger partial charge in [-0.2, -0.15) is 0 Å². The third-order valence-corrected chi connectivity index (χ3v) is 1.88. The molecule has 0 heterocycles. The number of nitrogens with zero attached hydrogens (tertiary/aromatic N) is 2. The van der Waals surface area contributed by atoms with Crippen molar-refractivity contribution in [1.82, 2.24) is 4.90 Å². The summed E-state index contributed by atoms with van der Waals surface area (Å²) >= 11 is 0. The van der Waals surface area contributed by atoms with E-state index < -0.39 is 0 Å². The molecule has 0 saturated carbocycles. The minimum atomic E-state index is 0.425. The molecule has 0 aromatic heterocycles. The monoisotopic (exact) mass is 223 g/mol. The van der Waals surface area contributed by atoms with Crippen LogP contribution in [-0.2, 0) is 4.84 Å². The van der Waals surface area contributed by atoms with E-state index in [-0.39, 0.29) is 0 Å². The molecule has 0 aromatic carbocycles. The second kappa shape index (κ2) is 8.71. The molecule has 0 aliphatic carbocycles. The summed E-state index contributed by atoms with van der Waals surface area (Å²) in [4.78, 5) is 6.84. The first-order chi connectivity index (χ1) is 7.61. The molecule has 0 fully saturated rings. The molecular formula is C12H21N3O. The minimum Gasteiger partial charge on any atom is -0.380 e. The number of nitrogens with one attached hydrogen (secondary N) is 1. The summed E-state index contributed by atoms with van der Waals surface area (Å²) in [6, 6.07) is 0. The van der Waals surface area contributed by atoms with Crippen LogP contribution in [0.15, 0.2) is 29.3 Å². The Kier molecular flexibility index (Phi) is 7.85. The van der Waals surface area contributed by atoms with Crippen molar-refractivity contribution >= 4 is 11.9 Å². The molecule has 0 aromatic rings. The van der Waals surface area contributed by atoms with Gasteiger partial charge >= 0.3 is 0 Å². The molecule has 0 radical (unpaired) electrons. The molecule has 90 valence electrons. The average molecular weight is 223 g/mol. The highest BCUT2D eigenvalue weighted by molar-refractivity contribution is 6.05. The van der Waals surface area contributed by atoms with E-state index in [1.54, 1.807) is 19.2 Å². The van der Waals surface area contributed by atoms with Gasteiger partial charge in [0.2, 0.25) is 0 Å². The maximum atomic E-state index is 7.74. The number of rotatable bonds is 7. The molecule has 0 rings (SSSR count). The Morgan fingerprint density at radius 3 is 2.75 bits per heavy atom. The molecule has 0 unspecified atom stereocenters. The molecule has 4 heteroatoms. The zero-order valence-corrected chi connectivity index (χ0v) is 10.5. The SMILES string of the molecule is C/C=N/O/C=C/C(=N)/C(C)=C/N(C)CCC. The van der Waals surface area contributed by atoms with Crippen LogP contribution in [0.3, 0.4) is 0 Å². The van der Waals surface area contributed by atoms with Gasteiger partial charge in [0.05, 0.1) is 5.71 Å². The summed E-state index contributed by atoms with van der Waals surface area (Å²) < 4.78 is 0. The van der Waals surface area contributed by atoms with Gasteiger partial charge in [0.15, 0.2) is 0 Å². The third-order valence-electron chi connectivity index (χ3n) is 1.88. The summed E-state index contributed by atoms with van der Waals surface area (Å²) in [6.45, 7) is 6.79. The lowest BCUT2D eigenvalue weighted by atomic mass is 10.2. The first kappa shape index (κ1) is 14.4. The number of allylic oxidation sites excluding steroid dienone is 2. The van der Waals surface area contributed by atoms with Crippen molar-refractivity contribution in [2.75, 3.05) is 13.6 Å². The Morgan fingerprint density at radius 1 is 1.50 bits per heavy atom. The Morgan fingerprint density at radius 2 is 2.19 bits per heavy atom. The van der Waals surface area contributed by atoms with Crippen molar-refractivity contribution in [3.05, 3.63) is 24.1 Å². The normalized spacial score (nSPS) is 12.4. The maximum Gasteiger partial charge on any atom is 0.124 e. The fourth-order valence-electron chi connectivity index (χ4n) is 1.14. The van der Waals surface area contributed by atoms with Crippen LogP contribution in [-0.4, -0.2) is 30.4 Å². The van der Waals surface area contributed by atoms with Crippen LogP contribution in [0.2, 0.25) is 0 Å². The first-order valence-corrected chi connectivity index (χ1v) is 5.39. The number of hydrogen-bond donors (Lipinski definition) is 1. The summed E-state index contributed by atoms with van der Waals surface area (Å²) in [6.07, 6.45) is 7.58. The molecule has 0 atom stereocenters. The lowest BCUT2D eigenvalue weighted by Crippen LogP contribution is -2.13. The predicted octanol–water partition coefficient (Wildman–Crippen LogP) is 2.79. The van der Waals surface area contributed by atoms with E-state index in [0.717, 1.165) is 18.5 Å². The average Bonchev–Trinajstić information content (AvgIpc) is 2.24. The van der Waals surface area contributed by atoms with Gasteiger partial charge in [-0.25, -0.2) is 0 Å². The third kappa shape index (κ3) is 6.81. The molecular weight excluding hydrogens is 202 g/mol. The Hall–Kier alpha value is -1.58. The van der Waals surface area contributed by atoms with Gasteiger partial charge in [-0.3, -0.25) is 0 Å². The largest absolute Gasteiger partial charge is 0.380 e. The summed E-state index contributed by atoms with van der Waals surface area (Å²) in [5.41, 5.74) is 1.32. The fourth-order valence-corrected chi connectivity index (χ4v) is 1.14. The second-order valence-electron chi connectivity index (χ2n) is 3.48. The van der Waals surface area contributed by atoms with Crippen molar-refractivity contribution in [3.63, 3.8) is 0 Å². The van der Waals surface area contributed by atoms with Crippen LogP contribution in [0, 0.1) is 5.41 Å². The zero-order valence-electron chi connectivity index (χ0n) is 10.5. The highest BCUT2D eigenvalue weighted by Gasteiger charge is 1.97. The molecule has 0 spiro atoms. The molecule has 0 bridgehead atoms. The quantitative estimate of drug-likeness (QED) is 0.410. The zero-order chi connectivity index (χ0) is 12.4. The van der Waals surface area contributed by atoms with E-state index >= 15 is 0 Å². The summed E-state index contributed by atoms with van der Waals surface area (Å²) in [5.74, 6) is 0. The van der Waals surface area contributed by atoms with Gasteiger partial charge < -0.3 is 15.1 Å². The van der Waals surface area contributed by atoms with E-state index in [1.165, 1.54) is 6.26 Å². The van der Waals surface area contributed by atoms with Crippen molar-refractivity contribution in [1.29, 1.82) is 5.41 Å². The van der Waals surface area contributed by atoms with E-state index in [1.807, 2.05) is 20.2 Å². The van der Waals surface area contributed by atoms with Gasteiger partial charge in [0.1, 0.15) is 6.26 Å². The predicted molar refractivity (Wildman–Crippen MR) is 68.8 cm³/mol. The van der Waals surface area contributed by atoms with Crippen LogP contribution in [0.1, 0.15) is 27.2 Å². The number of hydrogen-bond acceptors (Lipinski definition) is 4. The molecule has 0 saturated heterocycles. The van der Waals surface area contributed by atoms with E-state index in [4.69, 9.17) is 10.2 Å². The molecule has 0 amide bonds. The molecule has 0 aliphatic rings. The van der Waals surface area contributed by atoms with Crippen LogP contribution in [0.25, 0.3) is 0 Å². The Bertz CT molecular complexity index is 293. The standard InChI is InChI=1S/C12H21N3O/c1-5-8-15(4)10-11(3)12(13)7-9-16-14-6-2/h6-7,9-10,13H,5,8H2,1-4H3/b9-7+,11-10+,13-12?,14-6+. The van der Waals surface area contributed by atoms with Gasteiger partial charge in [-0.05, 0) is 25.8 Å². The van der Waals surface area contributed by atoms with Gasteiger partial charge in [-0.1, -0.05) is 12.1 Å². The van der Waals surface area contributed by atoms with E-state index in [2.05, 4.69) is 17.0 Å². The lowest BCUT2D eigenvalue weighted by molar-refractivity contribution is 0.270. The van der Waals surface area contributed by atoms with Gasteiger partial charge in [0, 0.05) is 32.1 Å². The van der Waals surface area contributed by atoms with Crippen LogP contribution >= 0.6 is 0 Å². The molecule has 4 nitrogen and oxygen atoms in total. The minimum absolute atomic E-state index is 0.425. The summed E-state index contributed by atoms with van der Waals surface area (Å²) in [5, 5.41) is 11.3. The number of oxime groups is 1. The summed E-state index contributed by atoms with van der Waals surface area (Å²) in [7, 11) is 2.00. The second-order valence-corrected chi connectivity index (χ2v) is 3.48. The topological polar surface area (TPSA) is 48.7 Å². The molecule has 16 heavy (non-hydrogen) atoms. The van der Waals surface area contributed by atoms with E-state index in [9.17, 15) is 0 Å². The fraction of sp³-hybridized carbons (Fsp3) is 0.500. The Labute approximate surface area is 97.8 Å². The van der Waals surface area contributed by atoms with Crippen molar-refractivity contribution < 1.29 is 4.84 Å². The maximum absolute atomic E-state index is 7.74. The van der Waals surface area contributed by atoms with Crippen LogP contribution < -0.4 is 0 Å². The van der Waals surface area contributed by atoms with Crippen LogP contribution in [0.5, 0.6) is 0 Å². The highest BCUT2D eigenvalue weighted by atomic mass is 16.6. The highest BCUT2D eigenvalue weighted by Crippen LogP contribution is 2.00. The molecule has 1 N–H and O–H groups in total. The van der Waals surface area contributed by atoms with Crippen LogP contribution in [0.4, 0.5) is 0 Å². The van der Waals surface area contributed by atoms with E-state index in [0.29, 0.717) is 5.71 Å². The van der Waals surface area contributed by atoms with Crippen molar-refractivity contribution in [3.8, 4) is 0 Å². The van der Waals surface area contributed by atoms with Gasteiger partial charge in [-0.15, -0.1) is 0 Å². The first-order valence-electron chi connectivity index (χ1n) is 5.39. The lowest BCUT2D eigenvalue weighted by Gasteiger charge is -2.13. The van der Waals surface area contributed by atoms with Crippen molar-refractivity contribution in [2.24, 2.45) is 5.16 Å². The molecule has 0 aliphatic heterocycles. The smallest absolute Gasteiger partial charge is 0.124 e.